The van der Waals surface area contributed by atoms with Crippen LogP contribution in [0.1, 0.15) is 19.4 Å². The van der Waals surface area contributed by atoms with Gasteiger partial charge in [-0.2, -0.15) is 5.10 Å². The summed E-state index contributed by atoms with van der Waals surface area (Å²) in [7, 11) is 0. The summed E-state index contributed by atoms with van der Waals surface area (Å²) in [5.41, 5.74) is 2.72. The van der Waals surface area contributed by atoms with Gasteiger partial charge in [0.15, 0.2) is 0 Å². The van der Waals surface area contributed by atoms with Gasteiger partial charge in [0, 0.05) is 17.8 Å². The van der Waals surface area contributed by atoms with E-state index in [0.717, 1.165) is 16.8 Å². The lowest BCUT2D eigenvalue weighted by Gasteiger charge is -2.00. The fourth-order valence-electron chi connectivity index (χ4n) is 1.69. The first-order valence-electron chi connectivity index (χ1n) is 6.16. The summed E-state index contributed by atoms with van der Waals surface area (Å²) < 4.78 is 6.66. The number of benzene rings is 1. The number of nitrogens with zero attached hydrogens (tertiary/aromatic N) is 2. The highest BCUT2D eigenvalue weighted by atomic mass is 16.5. The molecule has 2 aromatic rings. The van der Waals surface area contributed by atoms with Crippen LogP contribution in [0.3, 0.4) is 0 Å². The smallest absolute Gasteiger partial charge is 0.331 e. The highest BCUT2D eigenvalue weighted by molar-refractivity contribution is 5.90. The third-order valence-corrected chi connectivity index (χ3v) is 2.68. The van der Waals surface area contributed by atoms with E-state index in [2.05, 4.69) is 5.10 Å². The quantitative estimate of drug-likeness (QED) is 0.624. The molecule has 0 saturated carbocycles. The second-order valence-corrected chi connectivity index (χ2v) is 4.09. The Morgan fingerprint density at radius 2 is 2.11 bits per heavy atom. The number of hydrogen-bond donors (Lipinski definition) is 0. The number of ether oxygens (including phenoxy) is 1. The summed E-state index contributed by atoms with van der Waals surface area (Å²) >= 11 is 0. The van der Waals surface area contributed by atoms with Gasteiger partial charge in [0.05, 0.1) is 18.5 Å². The molecule has 98 valence electrons. The predicted octanol–water partition coefficient (Wildman–Crippen LogP) is 2.84. The average Bonchev–Trinajstić information content (AvgIpc) is 2.89. The molecule has 1 aromatic carbocycles. The SMILES string of the molecule is CCOC(=O)/C=C(/C)c1cnn(-c2ccccc2)c1. The van der Waals surface area contributed by atoms with Gasteiger partial charge in [0.2, 0.25) is 0 Å². The van der Waals surface area contributed by atoms with Crippen LogP contribution in [-0.4, -0.2) is 22.4 Å². The number of esters is 1. The molecule has 0 bridgehead atoms. The molecule has 1 aromatic heterocycles. The second kappa shape index (κ2) is 6.00. The molecule has 0 unspecified atom stereocenters. The van der Waals surface area contributed by atoms with Gasteiger partial charge in [-0.25, -0.2) is 9.48 Å². The van der Waals surface area contributed by atoms with Crippen molar-refractivity contribution < 1.29 is 9.53 Å². The Kier molecular flexibility index (Phi) is 4.13. The number of aromatic nitrogens is 2. The van der Waals surface area contributed by atoms with E-state index in [4.69, 9.17) is 4.74 Å². The predicted molar refractivity (Wildman–Crippen MR) is 73.8 cm³/mol. The Balaban J connectivity index is 2.20. The van der Waals surface area contributed by atoms with Gasteiger partial charge in [-0.3, -0.25) is 0 Å². The molecule has 19 heavy (non-hydrogen) atoms. The molecule has 0 atom stereocenters. The minimum Gasteiger partial charge on any atom is -0.463 e. The number of rotatable bonds is 4. The Morgan fingerprint density at radius 3 is 2.79 bits per heavy atom. The third kappa shape index (κ3) is 3.31. The Hall–Kier alpha value is -2.36. The average molecular weight is 256 g/mol. The first-order chi connectivity index (χ1) is 9.20. The topological polar surface area (TPSA) is 44.1 Å². The van der Waals surface area contributed by atoms with Crippen molar-refractivity contribution in [3.8, 4) is 5.69 Å². The molecule has 4 nitrogen and oxygen atoms in total. The number of carbonyl (C=O) groups is 1. The van der Waals surface area contributed by atoms with Gasteiger partial charge >= 0.3 is 5.97 Å². The minimum atomic E-state index is -0.326. The summed E-state index contributed by atoms with van der Waals surface area (Å²) in [5.74, 6) is -0.326. The van der Waals surface area contributed by atoms with E-state index in [0.29, 0.717) is 6.61 Å². The van der Waals surface area contributed by atoms with Gasteiger partial charge in [0.25, 0.3) is 0 Å². The molecule has 0 saturated heterocycles. The second-order valence-electron chi connectivity index (χ2n) is 4.09. The first-order valence-corrected chi connectivity index (χ1v) is 6.16. The van der Waals surface area contributed by atoms with E-state index in [1.165, 1.54) is 6.08 Å². The summed E-state index contributed by atoms with van der Waals surface area (Å²) in [4.78, 5) is 11.4. The molecule has 0 N–H and O–H groups in total. The lowest BCUT2D eigenvalue weighted by molar-refractivity contribution is -0.137. The normalized spacial score (nSPS) is 11.4. The van der Waals surface area contributed by atoms with Crippen LogP contribution >= 0.6 is 0 Å². The lowest BCUT2D eigenvalue weighted by atomic mass is 10.1. The van der Waals surface area contributed by atoms with Gasteiger partial charge in [-0.05, 0) is 31.6 Å². The van der Waals surface area contributed by atoms with Crippen LogP contribution < -0.4 is 0 Å². The van der Waals surface area contributed by atoms with Gasteiger partial charge in [-0.1, -0.05) is 18.2 Å². The molecule has 4 heteroatoms. The van der Waals surface area contributed by atoms with Crippen LogP contribution in [0.2, 0.25) is 0 Å². The van der Waals surface area contributed by atoms with Crippen molar-refractivity contribution in [2.45, 2.75) is 13.8 Å². The van der Waals surface area contributed by atoms with Crippen LogP contribution in [-0.2, 0) is 9.53 Å². The molecule has 0 amide bonds. The van der Waals surface area contributed by atoms with Crippen LogP contribution in [0.4, 0.5) is 0 Å². The maximum atomic E-state index is 11.4. The third-order valence-electron chi connectivity index (χ3n) is 2.68. The molecular formula is C15H16N2O2. The van der Waals surface area contributed by atoms with Crippen molar-refractivity contribution in [3.63, 3.8) is 0 Å². The van der Waals surface area contributed by atoms with E-state index < -0.39 is 0 Å². The highest BCUT2D eigenvalue weighted by Gasteiger charge is 2.04. The van der Waals surface area contributed by atoms with Crippen LogP contribution in [0, 0.1) is 0 Å². The molecule has 0 aliphatic rings. The van der Waals surface area contributed by atoms with Gasteiger partial charge in [0.1, 0.15) is 0 Å². The molecule has 0 fully saturated rings. The number of hydrogen-bond acceptors (Lipinski definition) is 3. The number of carbonyl (C=O) groups excluding carboxylic acids is 1. The Bertz CT molecular complexity index is 585. The zero-order valence-electron chi connectivity index (χ0n) is 11.0. The minimum absolute atomic E-state index is 0.326. The highest BCUT2D eigenvalue weighted by Crippen LogP contribution is 2.15. The van der Waals surface area contributed by atoms with E-state index in [9.17, 15) is 4.79 Å². The molecule has 2 rings (SSSR count). The molecular weight excluding hydrogens is 240 g/mol. The summed E-state index contributed by atoms with van der Waals surface area (Å²) in [6.07, 6.45) is 5.11. The van der Waals surface area contributed by atoms with Crippen molar-refractivity contribution >= 4 is 11.5 Å². The zero-order chi connectivity index (χ0) is 13.7. The molecule has 1 heterocycles. The maximum Gasteiger partial charge on any atom is 0.331 e. The number of para-hydroxylation sites is 1. The Labute approximate surface area is 112 Å². The van der Waals surface area contributed by atoms with Crippen LogP contribution in [0.15, 0.2) is 48.8 Å². The summed E-state index contributed by atoms with van der Waals surface area (Å²) in [6, 6.07) is 9.82. The van der Waals surface area contributed by atoms with E-state index in [-0.39, 0.29) is 5.97 Å². The van der Waals surface area contributed by atoms with E-state index >= 15 is 0 Å². The van der Waals surface area contributed by atoms with E-state index in [1.54, 1.807) is 17.8 Å². The summed E-state index contributed by atoms with van der Waals surface area (Å²) in [5, 5.41) is 4.28. The maximum absolute atomic E-state index is 11.4. The van der Waals surface area contributed by atoms with Crippen LogP contribution in [0.25, 0.3) is 11.3 Å². The standard InChI is InChI=1S/C15H16N2O2/c1-3-19-15(18)9-12(2)13-10-16-17(11-13)14-7-5-4-6-8-14/h4-11H,3H2,1-2H3/b12-9-. The summed E-state index contributed by atoms with van der Waals surface area (Å²) in [6.45, 7) is 4.03. The van der Waals surface area contributed by atoms with Gasteiger partial charge in [-0.15, -0.1) is 0 Å². The lowest BCUT2D eigenvalue weighted by Crippen LogP contribution is -2.00. The van der Waals surface area contributed by atoms with Crippen molar-refractivity contribution in [2.24, 2.45) is 0 Å². The largest absolute Gasteiger partial charge is 0.463 e. The van der Waals surface area contributed by atoms with Crippen molar-refractivity contribution in [1.29, 1.82) is 0 Å². The van der Waals surface area contributed by atoms with E-state index in [1.807, 2.05) is 43.5 Å². The van der Waals surface area contributed by atoms with Crippen molar-refractivity contribution in [2.75, 3.05) is 6.61 Å². The van der Waals surface area contributed by atoms with Crippen molar-refractivity contribution in [3.05, 3.63) is 54.4 Å². The van der Waals surface area contributed by atoms with Crippen LogP contribution in [0.5, 0.6) is 0 Å². The molecule has 0 spiro atoms. The molecule has 0 aliphatic carbocycles. The monoisotopic (exact) mass is 256 g/mol. The fourth-order valence-corrected chi connectivity index (χ4v) is 1.69. The zero-order valence-corrected chi connectivity index (χ0v) is 11.0. The first kappa shape index (κ1) is 13.1. The molecule has 0 aliphatic heterocycles. The number of allylic oxidation sites excluding steroid dienone is 1. The molecule has 0 radical (unpaired) electrons. The van der Waals surface area contributed by atoms with Gasteiger partial charge < -0.3 is 4.74 Å². The fraction of sp³-hybridized carbons (Fsp3) is 0.200. The Morgan fingerprint density at radius 1 is 1.37 bits per heavy atom. The van der Waals surface area contributed by atoms with Crippen molar-refractivity contribution in [1.82, 2.24) is 9.78 Å².